The third-order valence-corrected chi connectivity index (χ3v) is 3.89. The van der Waals surface area contributed by atoms with Gasteiger partial charge in [-0.15, -0.1) is 0 Å². The highest BCUT2D eigenvalue weighted by Gasteiger charge is 2.38. The summed E-state index contributed by atoms with van der Waals surface area (Å²) in [6.07, 6.45) is -3.61. The van der Waals surface area contributed by atoms with Crippen LogP contribution in [0.3, 0.4) is 0 Å². The Morgan fingerprint density at radius 3 is 2.35 bits per heavy atom. The van der Waals surface area contributed by atoms with E-state index in [1.807, 2.05) is 0 Å². The highest BCUT2D eigenvalue weighted by Crippen LogP contribution is 2.41. The fraction of sp³-hybridized carbons (Fsp3) is 0.500. The van der Waals surface area contributed by atoms with Gasteiger partial charge in [0.25, 0.3) is 0 Å². The van der Waals surface area contributed by atoms with Gasteiger partial charge in [-0.2, -0.15) is 13.2 Å². The summed E-state index contributed by atoms with van der Waals surface area (Å²) in [4.78, 5) is 10.9. The van der Waals surface area contributed by atoms with E-state index in [1.165, 1.54) is 12.1 Å². The Kier molecular flexibility index (Phi) is 3.77. The lowest BCUT2D eigenvalue weighted by Gasteiger charge is -2.35. The third-order valence-electron chi connectivity index (χ3n) is 3.89. The number of benzene rings is 1. The predicted octanol–water partition coefficient (Wildman–Crippen LogP) is 3.17. The lowest BCUT2D eigenvalue weighted by Crippen LogP contribution is -2.34. The quantitative estimate of drug-likeness (QED) is 0.878. The van der Waals surface area contributed by atoms with Gasteiger partial charge in [0, 0.05) is 0 Å². The van der Waals surface area contributed by atoms with Crippen molar-refractivity contribution in [1.82, 2.24) is 0 Å². The van der Waals surface area contributed by atoms with Crippen LogP contribution in [0.1, 0.15) is 36.8 Å². The molecule has 110 valence electrons. The van der Waals surface area contributed by atoms with E-state index in [2.05, 4.69) is 0 Å². The van der Waals surface area contributed by atoms with Crippen molar-refractivity contribution in [1.29, 1.82) is 0 Å². The molecule has 1 fully saturated rings. The molecule has 0 heterocycles. The number of aliphatic carboxylic acids is 1. The molecular weight excluding hydrogens is 273 g/mol. The summed E-state index contributed by atoms with van der Waals surface area (Å²) < 4.78 is 38.0. The third kappa shape index (κ3) is 2.95. The number of aliphatic hydroxyl groups is 1. The summed E-state index contributed by atoms with van der Waals surface area (Å²) in [5, 5.41) is 19.4. The Labute approximate surface area is 114 Å². The Bertz CT molecular complexity index is 503. The molecule has 6 heteroatoms. The standard InChI is InChI=1S/C14H15F3O3/c15-14(16,17)11-3-1-2-10(8-11)13(20)6-4-9(5-7-13)12(18)19/h1-3,8-9,20H,4-7H2,(H,18,19). The van der Waals surface area contributed by atoms with Crippen LogP contribution >= 0.6 is 0 Å². The van der Waals surface area contributed by atoms with E-state index in [0.717, 1.165) is 12.1 Å². The maximum absolute atomic E-state index is 12.7. The van der Waals surface area contributed by atoms with Crippen molar-refractivity contribution < 1.29 is 28.2 Å². The van der Waals surface area contributed by atoms with Gasteiger partial charge >= 0.3 is 12.1 Å². The average molecular weight is 288 g/mol. The Balaban J connectivity index is 2.22. The fourth-order valence-corrected chi connectivity index (χ4v) is 2.62. The number of halogens is 3. The number of rotatable bonds is 2. The first-order valence-electron chi connectivity index (χ1n) is 6.35. The zero-order chi connectivity index (χ0) is 15.0. The fourth-order valence-electron chi connectivity index (χ4n) is 2.62. The lowest BCUT2D eigenvalue weighted by molar-refractivity contribution is -0.145. The number of carboxylic acid groups (broad SMARTS) is 1. The van der Waals surface area contributed by atoms with Gasteiger partial charge in [-0.25, -0.2) is 0 Å². The monoisotopic (exact) mass is 288 g/mol. The molecule has 0 spiro atoms. The Morgan fingerprint density at radius 1 is 1.25 bits per heavy atom. The van der Waals surface area contributed by atoms with Crippen molar-refractivity contribution >= 4 is 5.97 Å². The molecule has 2 rings (SSSR count). The van der Waals surface area contributed by atoms with Crippen LogP contribution in [-0.2, 0) is 16.6 Å². The van der Waals surface area contributed by atoms with Crippen molar-refractivity contribution in [2.45, 2.75) is 37.5 Å². The summed E-state index contributed by atoms with van der Waals surface area (Å²) >= 11 is 0. The van der Waals surface area contributed by atoms with E-state index in [4.69, 9.17) is 5.11 Å². The second-order valence-corrected chi connectivity index (χ2v) is 5.22. The first-order chi connectivity index (χ1) is 9.22. The molecule has 0 radical (unpaired) electrons. The number of hydrogen-bond donors (Lipinski definition) is 2. The molecular formula is C14H15F3O3. The zero-order valence-corrected chi connectivity index (χ0v) is 10.7. The van der Waals surface area contributed by atoms with Gasteiger partial charge in [0.05, 0.1) is 17.1 Å². The topological polar surface area (TPSA) is 57.5 Å². The Hall–Kier alpha value is -1.56. The first-order valence-corrected chi connectivity index (χ1v) is 6.35. The molecule has 2 N–H and O–H groups in total. The minimum Gasteiger partial charge on any atom is -0.481 e. The van der Waals surface area contributed by atoms with Gasteiger partial charge in [0.2, 0.25) is 0 Å². The van der Waals surface area contributed by atoms with E-state index in [9.17, 15) is 23.1 Å². The zero-order valence-electron chi connectivity index (χ0n) is 10.7. The van der Waals surface area contributed by atoms with Crippen molar-refractivity contribution in [3.05, 3.63) is 35.4 Å². The van der Waals surface area contributed by atoms with Gasteiger partial charge < -0.3 is 10.2 Å². The van der Waals surface area contributed by atoms with Gasteiger partial charge in [-0.3, -0.25) is 4.79 Å². The van der Waals surface area contributed by atoms with Crippen LogP contribution in [0.2, 0.25) is 0 Å². The molecule has 20 heavy (non-hydrogen) atoms. The smallest absolute Gasteiger partial charge is 0.416 e. The molecule has 1 aromatic carbocycles. The van der Waals surface area contributed by atoms with Gasteiger partial charge in [-0.1, -0.05) is 12.1 Å². The molecule has 0 aromatic heterocycles. The van der Waals surface area contributed by atoms with Crippen LogP contribution in [0, 0.1) is 5.92 Å². The van der Waals surface area contributed by atoms with E-state index in [1.54, 1.807) is 0 Å². The second-order valence-electron chi connectivity index (χ2n) is 5.22. The minimum atomic E-state index is -4.45. The van der Waals surface area contributed by atoms with Gasteiger partial charge in [-0.05, 0) is 43.4 Å². The van der Waals surface area contributed by atoms with Crippen molar-refractivity contribution in [3.8, 4) is 0 Å². The largest absolute Gasteiger partial charge is 0.481 e. The van der Waals surface area contributed by atoms with E-state index >= 15 is 0 Å². The van der Waals surface area contributed by atoms with Crippen LogP contribution in [0.15, 0.2) is 24.3 Å². The van der Waals surface area contributed by atoms with Crippen LogP contribution in [0.4, 0.5) is 13.2 Å². The highest BCUT2D eigenvalue weighted by atomic mass is 19.4. The molecule has 3 nitrogen and oxygen atoms in total. The number of carboxylic acids is 1. The lowest BCUT2D eigenvalue weighted by atomic mass is 9.75. The maximum atomic E-state index is 12.7. The molecule has 1 saturated carbocycles. The van der Waals surface area contributed by atoms with Crippen LogP contribution in [0.5, 0.6) is 0 Å². The highest BCUT2D eigenvalue weighted by molar-refractivity contribution is 5.70. The normalized spacial score (nSPS) is 27.3. The first kappa shape index (κ1) is 14.8. The molecule has 1 aromatic rings. The van der Waals surface area contributed by atoms with Crippen molar-refractivity contribution in [3.63, 3.8) is 0 Å². The van der Waals surface area contributed by atoms with E-state index in [0.29, 0.717) is 0 Å². The summed E-state index contributed by atoms with van der Waals surface area (Å²) in [5.74, 6) is -1.45. The van der Waals surface area contributed by atoms with E-state index in [-0.39, 0.29) is 31.2 Å². The van der Waals surface area contributed by atoms with Gasteiger partial charge in [0.15, 0.2) is 0 Å². The SMILES string of the molecule is O=C(O)C1CCC(O)(c2cccc(C(F)(F)F)c2)CC1. The molecule has 0 amide bonds. The summed E-state index contributed by atoms with van der Waals surface area (Å²) in [5.41, 5.74) is -1.97. The van der Waals surface area contributed by atoms with Crippen LogP contribution in [-0.4, -0.2) is 16.2 Å². The molecule has 0 saturated heterocycles. The molecule has 1 aliphatic carbocycles. The maximum Gasteiger partial charge on any atom is 0.416 e. The van der Waals surface area contributed by atoms with Crippen LogP contribution < -0.4 is 0 Å². The average Bonchev–Trinajstić information content (AvgIpc) is 2.38. The van der Waals surface area contributed by atoms with Gasteiger partial charge in [0.1, 0.15) is 0 Å². The molecule has 0 aliphatic heterocycles. The summed E-state index contributed by atoms with van der Waals surface area (Å²) in [7, 11) is 0. The molecule has 0 unspecified atom stereocenters. The Morgan fingerprint density at radius 2 is 1.85 bits per heavy atom. The van der Waals surface area contributed by atoms with E-state index < -0.39 is 29.2 Å². The van der Waals surface area contributed by atoms with Crippen molar-refractivity contribution in [2.24, 2.45) is 5.92 Å². The molecule has 0 bridgehead atoms. The summed E-state index contributed by atoms with van der Waals surface area (Å²) in [6.45, 7) is 0. The minimum absolute atomic E-state index is 0.158. The number of hydrogen-bond acceptors (Lipinski definition) is 2. The van der Waals surface area contributed by atoms with Crippen molar-refractivity contribution in [2.75, 3.05) is 0 Å². The summed E-state index contributed by atoms with van der Waals surface area (Å²) in [6, 6.07) is 4.62. The number of alkyl halides is 3. The second kappa shape index (κ2) is 5.09. The van der Waals surface area contributed by atoms with Crippen LogP contribution in [0.25, 0.3) is 0 Å². The predicted molar refractivity (Wildman–Crippen MR) is 64.9 cm³/mol. The number of carbonyl (C=O) groups is 1. The molecule has 1 aliphatic rings. The molecule has 0 atom stereocenters.